The zero-order valence-electron chi connectivity index (χ0n) is 11.7. The van der Waals surface area contributed by atoms with Crippen LogP contribution in [0.5, 0.6) is 0 Å². The first-order valence-corrected chi connectivity index (χ1v) is 7.35. The first-order valence-electron chi connectivity index (χ1n) is 7.35. The zero-order chi connectivity index (χ0) is 12.8. The lowest BCUT2D eigenvalue weighted by Crippen LogP contribution is -2.29. The van der Waals surface area contributed by atoms with Crippen LogP contribution < -0.4 is 10.2 Å². The van der Waals surface area contributed by atoms with Gasteiger partial charge in [-0.15, -0.1) is 0 Å². The molecule has 1 saturated heterocycles. The van der Waals surface area contributed by atoms with Crippen molar-refractivity contribution in [1.29, 1.82) is 0 Å². The maximum absolute atomic E-state index is 4.57. The average molecular weight is 250 g/mol. The van der Waals surface area contributed by atoms with Crippen molar-refractivity contribution in [2.45, 2.75) is 45.6 Å². The molecule has 2 heterocycles. The highest BCUT2D eigenvalue weighted by atomic mass is 15.3. The van der Waals surface area contributed by atoms with Crippen molar-refractivity contribution in [2.24, 2.45) is 0 Å². The van der Waals surface area contributed by atoms with Crippen LogP contribution in [0.1, 0.15) is 45.6 Å². The van der Waals surface area contributed by atoms with Gasteiger partial charge in [0.05, 0.1) is 17.9 Å². The number of hydrogen-bond acceptors (Lipinski definition) is 3. The molecule has 4 nitrogen and oxygen atoms in total. The van der Waals surface area contributed by atoms with Gasteiger partial charge in [-0.3, -0.25) is 4.68 Å². The van der Waals surface area contributed by atoms with Gasteiger partial charge in [0.1, 0.15) is 0 Å². The molecular formula is C14H26N4. The molecule has 1 aliphatic rings. The van der Waals surface area contributed by atoms with Gasteiger partial charge in [0.15, 0.2) is 0 Å². The lowest BCUT2D eigenvalue weighted by molar-refractivity contribution is 0.343. The van der Waals surface area contributed by atoms with Crippen LogP contribution in [-0.2, 0) is 0 Å². The van der Waals surface area contributed by atoms with Crippen molar-refractivity contribution in [2.75, 3.05) is 31.1 Å². The topological polar surface area (TPSA) is 33.1 Å². The highest BCUT2D eigenvalue weighted by Crippen LogP contribution is 2.21. The monoisotopic (exact) mass is 250 g/mol. The first kappa shape index (κ1) is 13.4. The molecule has 1 aromatic rings. The second kappa shape index (κ2) is 6.78. The number of nitrogens with zero attached hydrogens (tertiary/aromatic N) is 3. The van der Waals surface area contributed by atoms with E-state index in [9.17, 15) is 0 Å². The van der Waals surface area contributed by atoms with Crippen molar-refractivity contribution >= 4 is 5.69 Å². The molecule has 0 aromatic carbocycles. The maximum atomic E-state index is 4.57. The number of hydrogen-bond donors (Lipinski definition) is 1. The molecule has 1 aliphatic heterocycles. The molecular weight excluding hydrogens is 224 g/mol. The van der Waals surface area contributed by atoms with Crippen LogP contribution >= 0.6 is 0 Å². The molecule has 0 radical (unpaired) electrons. The summed E-state index contributed by atoms with van der Waals surface area (Å²) in [5, 5.41) is 7.98. The van der Waals surface area contributed by atoms with E-state index in [2.05, 4.69) is 40.0 Å². The molecule has 102 valence electrons. The van der Waals surface area contributed by atoms with Gasteiger partial charge < -0.3 is 10.2 Å². The van der Waals surface area contributed by atoms with E-state index in [0.717, 1.165) is 26.2 Å². The summed E-state index contributed by atoms with van der Waals surface area (Å²) in [6, 6.07) is 0.588. The van der Waals surface area contributed by atoms with Crippen LogP contribution in [-0.4, -0.2) is 36.0 Å². The van der Waals surface area contributed by atoms with Gasteiger partial charge in [0.25, 0.3) is 0 Å². The van der Waals surface area contributed by atoms with Crippen LogP contribution in [0.4, 0.5) is 5.69 Å². The summed E-state index contributed by atoms with van der Waals surface area (Å²) in [6.45, 7) is 8.97. The average Bonchev–Trinajstić information content (AvgIpc) is 2.89. The molecule has 2 rings (SSSR count). The van der Waals surface area contributed by atoms with Crippen LogP contribution in [0.25, 0.3) is 0 Å². The third-order valence-corrected chi connectivity index (χ3v) is 3.62. The number of rotatable bonds is 6. The lowest BCUT2D eigenvalue weighted by atomic mass is 10.1. The zero-order valence-corrected chi connectivity index (χ0v) is 11.7. The van der Waals surface area contributed by atoms with Crippen molar-refractivity contribution in [3.8, 4) is 0 Å². The Morgan fingerprint density at radius 3 is 2.56 bits per heavy atom. The summed E-state index contributed by atoms with van der Waals surface area (Å²) >= 11 is 0. The fraction of sp³-hybridized carbons (Fsp3) is 0.786. The molecule has 0 unspecified atom stereocenters. The second-order valence-electron chi connectivity index (χ2n) is 5.15. The van der Waals surface area contributed by atoms with Crippen molar-refractivity contribution < 1.29 is 0 Å². The molecule has 0 bridgehead atoms. The smallest absolute Gasteiger partial charge is 0.0752 e. The van der Waals surface area contributed by atoms with E-state index in [1.165, 1.54) is 31.4 Å². The fourth-order valence-corrected chi connectivity index (χ4v) is 2.67. The molecule has 0 aliphatic carbocycles. The van der Waals surface area contributed by atoms with Gasteiger partial charge >= 0.3 is 0 Å². The van der Waals surface area contributed by atoms with E-state index in [1.807, 2.05) is 6.20 Å². The van der Waals surface area contributed by atoms with Crippen LogP contribution in [0.2, 0.25) is 0 Å². The molecule has 1 fully saturated rings. The van der Waals surface area contributed by atoms with Crippen LogP contribution in [0.15, 0.2) is 12.4 Å². The van der Waals surface area contributed by atoms with Crippen LogP contribution in [0.3, 0.4) is 0 Å². The van der Waals surface area contributed by atoms with Crippen molar-refractivity contribution in [3.05, 3.63) is 12.4 Å². The Morgan fingerprint density at radius 1 is 1.28 bits per heavy atom. The summed E-state index contributed by atoms with van der Waals surface area (Å²) in [5.41, 5.74) is 1.29. The lowest BCUT2D eigenvalue weighted by Gasteiger charge is -2.24. The minimum absolute atomic E-state index is 0.588. The molecule has 0 atom stereocenters. The minimum atomic E-state index is 0.588. The van der Waals surface area contributed by atoms with E-state index in [0.29, 0.717) is 6.04 Å². The van der Waals surface area contributed by atoms with E-state index in [-0.39, 0.29) is 0 Å². The summed E-state index contributed by atoms with van der Waals surface area (Å²) < 4.78 is 2.18. The Kier molecular flexibility index (Phi) is 5.05. The number of anilines is 1. The molecule has 0 spiro atoms. The second-order valence-corrected chi connectivity index (χ2v) is 5.15. The first-order chi connectivity index (χ1) is 8.85. The quantitative estimate of drug-likeness (QED) is 0.842. The standard InChI is InChI=1S/C14H26N4/c1-3-9-17(10-4-2)14-11-16-18(12-14)13-5-7-15-8-6-13/h11-13,15H,3-10H2,1-2H3. The largest absolute Gasteiger partial charge is 0.369 e. The SMILES string of the molecule is CCCN(CCC)c1cnn(C2CCNCC2)c1. The van der Waals surface area contributed by atoms with Crippen LogP contribution in [0, 0.1) is 0 Å². The Hall–Kier alpha value is -1.03. The maximum Gasteiger partial charge on any atom is 0.0752 e. The number of aromatic nitrogens is 2. The third-order valence-electron chi connectivity index (χ3n) is 3.62. The van der Waals surface area contributed by atoms with Crippen molar-refractivity contribution in [3.63, 3.8) is 0 Å². The van der Waals surface area contributed by atoms with E-state index in [4.69, 9.17) is 0 Å². The molecule has 4 heteroatoms. The summed E-state index contributed by atoms with van der Waals surface area (Å²) in [7, 11) is 0. The third kappa shape index (κ3) is 3.25. The van der Waals surface area contributed by atoms with Gasteiger partial charge in [-0.05, 0) is 38.8 Å². The Bertz CT molecular complexity index is 335. The summed E-state index contributed by atoms with van der Waals surface area (Å²) in [6.07, 6.45) is 9.05. The van der Waals surface area contributed by atoms with Gasteiger partial charge in [-0.1, -0.05) is 13.8 Å². The Morgan fingerprint density at radius 2 is 1.94 bits per heavy atom. The summed E-state index contributed by atoms with van der Waals surface area (Å²) in [4.78, 5) is 2.45. The number of piperidine rings is 1. The Balaban J connectivity index is 2.02. The fourth-order valence-electron chi connectivity index (χ4n) is 2.67. The molecule has 0 saturated carbocycles. The van der Waals surface area contributed by atoms with E-state index >= 15 is 0 Å². The minimum Gasteiger partial charge on any atom is -0.369 e. The van der Waals surface area contributed by atoms with Gasteiger partial charge in [0, 0.05) is 19.3 Å². The number of nitrogens with one attached hydrogen (secondary N) is 1. The predicted octanol–water partition coefficient (Wildman–Crippen LogP) is 2.43. The molecule has 1 aromatic heterocycles. The normalized spacial score (nSPS) is 17.0. The van der Waals surface area contributed by atoms with E-state index in [1.54, 1.807) is 0 Å². The van der Waals surface area contributed by atoms with Gasteiger partial charge in [0.2, 0.25) is 0 Å². The van der Waals surface area contributed by atoms with Crippen molar-refractivity contribution in [1.82, 2.24) is 15.1 Å². The van der Waals surface area contributed by atoms with Gasteiger partial charge in [-0.2, -0.15) is 5.10 Å². The molecule has 0 amide bonds. The predicted molar refractivity (Wildman–Crippen MR) is 76.2 cm³/mol. The van der Waals surface area contributed by atoms with E-state index < -0.39 is 0 Å². The summed E-state index contributed by atoms with van der Waals surface area (Å²) in [5.74, 6) is 0. The molecule has 18 heavy (non-hydrogen) atoms. The highest BCUT2D eigenvalue weighted by Gasteiger charge is 2.16. The van der Waals surface area contributed by atoms with Gasteiger partial charge in [-0.25, -0.2) is 0 Å². The molecule has 1 N–H and O–H groups in total. The highest BCUT2D eigenvalue weighted by molar-refractivity contribution is 5.42. The Labute approximate surface area is 110 Å².